The van der Waals surface area contributed by atoms with Gasteiger partial charge < -0.3 is 5.11 Å². The molecule has 0 fully saturated rings. The van der Waals surface area contributed by atoms with E-state index in [1.165, 1.54) is 17.7 Å². The molecule has 1 rings (SSSR count). The molecule has 0 amide bonds. The van der Waals surface area contributed by atoms with Crippen molar-refractivity contribution in [1.29, 1.82) is 0 Å². The van der Waals surface area contributed by atoms with Crippen molar-refractivity contribution >= 4 is 11.8 Å². The Morgan fingerprint density at radius 1 is 1.21 bits per heavy atom. The number of benzene rings is 1. The average molecular weight is 210 g/mol. The predicted octanol–water partition coefficient (Wildman–Crippen LogP) is 3.33. The number of hydrogen-bond acceptors (Lipinski definition) is 2. The summed E-state index contributed by atoms with van der Waals surface area (Å²) in [6, 6.07) is 10.4. The molecule has 0 radical (unpaired) electrons. The number of aliphatic hydroxyl groups is 1. The first-order chi connectivity index (χ1) is 6.86. The Morgan fingerprint density at radius 3 is 2.50 bits per heavy atom. The monoisotopic (exact) mass is 210 g/mol. The van der Waals surface area contributed by atoms with E-state index in [4.69, 9.17) is 5.11 Å². The highest BCUT2D eigenvalue weighted by molar-refractivity contribution is 8.00. The minimum absolute atomic E-state index is 0.296. The van der Waals surface area contributed by atoms with Crippen LogP contribution in [0.4, 0.5) is 0 Å². The summed E-state index contributed by atoms with van der Waals surface area (Å²) in [7, 11) is 0. The molecule has 0 unspecified atom stereocenters. The third-order valence-electron chi connectivity index (χ3n) is 2.11. The van der Waals surface area contributed by atoms with Crippen molar-refractivity contribution in [1.82, 2.24) is 0 Å². The molecule has 0 aliphatic heterocycles. The van der Waals surface area contributed by atoms with Gasteiger partial charge in [0.05, 0.1) is 0 Å². The highest BCUT2D eigenvalue weighted by atomic mass is 32.2. The van der Waals surface area contributed by atoms with Crippen LogP contribution < -0.4 is 0 Å². The molecule has 2 heteroatoms. The van der Waals surface area contributed by atoms with Gasteiger partial charge in [-0.15, -0.1) is 11.8 Å². The topological polar surface area (TPSA) is 20.2 Å². The summed E-state index contributed by atoms with van der Waals surface area (Å²) in [5, 5.41) is 9.49. The summed E-state index contributed by atoms with van der Waals surface area (Å²) < 4.78 is 0. The van der Waals surface area contributed by atoms with Crippen LogP contribution >= 0.6 is 11.8 Å². The Labute approximate surface area is 90.5 Å². The van der Waals surface area contributed by atoms with Crippen molar-refractivity contribution in [3.8, 4) is 0 Å². The van der Waals surface area contributed by atoms with Crippen LogP contribution in [0.3, 0.4) is 0 Å². The first kappa shape index (κ1) is 11.6. The number of hydrogen-bond donors (Lipinski definition) is 1. The van der Waals surface area contributed by atoms with Crippen molar-refractivity contribution in [2.75, 3.05) is 6.61 Å². The maximum Gasteiger partial charge on any atom is 0.0441 e. The van der Waals surface area contributed by atoms with Gasteiger partial charge in [0.25, 0.3) is 0 Å². The van der Waals surface area contributed by atoms with Crippen molar-refractivity contribution in [2.45, 2.75) is 36.3 Å². The first-order valence-corrected chi connectivity index (χ1v) is 6.07. The summed E-state index contributed by atoms with van der Waals surface area (Å²) >= 11 is 1.88. The largest absolute Gasteiger partial charge is 0.396 e. The van der Waals surface area contributed by atoms with Gasteiger partial charge in [0.15, 0.2) is 0 Å². The van der Waals surface area contributed by atoms with E-state index in [-0.39, 0.29) is 0 Å². The van der Waals surface area contributed by atoms with E-state index in [0.29, 0.717) is 11.9 Å². The van der Waals surface area contributed by atoms with Gasteiger partial charge in [0.2, 0.25) is 0 Å². The van der Waals surface area contributed by atoms with Gasteiger partial charge >= 0.3 is 0 Å². The van der Waals surface area contributed by atoms with Crippen molar-refractivity contribution in [3.63, 3.8) is 0 Å². The maximum absolute atomic E-state index is 8.93. The van der Waals surface area contributed by atoms with Crippen LogP contribution in [-0.4, -0.2) is 17.0 Å². The van der Waals surface area contributed by atoms with Gasteiger partial charge in [-0.1, -0.05) is 31.5 Å². The molecule has 78 valence electrons. The minimum atomic E-state index is 0.296. The lowest BCUT2D eigenvalue weighted by Gasteiger charge is -2.13. The van der Waals surface area contributed by atoms with Gasteiger partial charge in [0.1, 0.15) is 0 Å². The Kier molecular flexibility index (Phi) is 5.72. The molecule has 0 bridgehead atoms. The zero-order valence-electron chi connectivity index (χ0n) is 8.65. The van der Waals surface area contributed by atoms with E-state index in [1.54, 1.807) is 0 Å². The highest BCUT2D eigenvalue weighted by Crippen LogP contribution is 2.27. The van der Waals surface area contributed by atoms with Crippen molar-refractivity contribution < 1.29 is 5.11 Å². The number of rotatable bonds is 6. The van der Waals surface area contributed by atoms with Crippen molar-refractivity contribution in [3.05, 3.63) is 30.3 Å². The van der Waals surface area contributed by atoms with Gasteiger partial charge in [-0.2, -0.15) is 0 Å². The fraction of sp³-hybridized carbons (Fsp3) is 0.500. The molecule has 1 atom stereocenters. The van der Waals surface area contributed by atoms with E-state index >= 15 is 0 Å². The van der Waals surface area contributed by atoms with Gasteiger partial charge in [0, 0.05) is 16.8 Å². The SMILES string of the molecule is CCC[C@@H](CCO)Sc1ccccc1. The Balaban J connectivity index is 2.46. The molecule has 1 aromatic carbocycles. The fourth-order valence-corrected chi connectivity index (χ4v) is 2.70. The summed E-state index contributed by atoms with van der Waals surface area (Å²) in [5.74, 6) is 0. The summed E-state index contributed by atoms with van der Waals surface area (Å²) in [4.78, 5) is 1.31. The standard InChI is InChI=1S/C12H18OS/c1-2-6-11(9-10-13)14-12-7-4-3-5-8-12/h3-5,7-8,11,13H,2,6,9-10H2,1H3/t11-/m0/s1. The van der Waals surface area contributed by atoms with Crippen LogP contribution in [0.1, 0.15) is 26.2 Å². The quantitative estimate of drug-likeness (QED) is 0.727. The molecule has 14 heavy (non-hydrogen) atoms. The zero-order valence-corrected chi connectivity index (χ0v) is 9.46. The molecule has 0 saturated heterocycles. The molecule has 0 aromatic heterocycles. The second-order valence-electron chi connectivity index (χ2n) is 3.35. The lowest BCUT2D eigenvalue weighted by atomic mass is 10.2. The van der Waals surface area contributed by atoms with Crippen LogP contribution in [0.15, 0.2) is 35.2 Å². The summed E-state index contributed by atoms with van der Waals surface area (Å²) in [5.41, 5.74) is 0. The molecule has 0 heterocycles. The lowest BCUT2D eigenvalue weighted by molar-refractivity contribution is 0.285. The van der Waals surface area contributed by atoms with E-state index < -0.39 is 0 Å². The zero-order chi connectivity index (χ0) is 10.2. The molecular weight excluding hydrogens is 192 g/mol. The molecule has 1 N–H and O–H groups in total. The molecule has 1 aromatic rings. The predicted molar refractivity (Wildman–Crippen MR) is 62.7 cm³/mol. The van der Waals surface area contributed by atoms with Gasteiger partial charge in [-0.05, 0) is 25.0 Å². The second-order valence-corrected chi connectivity index (χ2v) is 4.73. The average Bonchev–Trinajstić information content (AvgIpc) is 2.20. The van der Waals surface area contributed by atoms with Crippen LogP contribution in [0.2, 0.25) is 0 Å². The Morgan fingerprint density at radius 2 is 1.93 bits per heavy atom. The normalized spacial score (nSPS) is 12.7. The van der Waals surface area contributed by atoms with E-state index in [0.717, 1.165) is 6.42 Å². The summed E-state index contributed by atoms with van der Waals surface area (Å²) in [6.07, 6.45) is 3.26. The highest BCUT2D eigenvalue weighted by Gasteiger charge is 2.08. The van der Waals surface area contributed by atoms with E-state index in [1.807, 2.05) is 17.8 Å². The lowest BCUT2D eigenvalue weighted by Crippen LogP contribution is -2.04. The minimum Gasteiger partial charge on any atom is -0.396 e. The van der Waals surface area contributed by atoms with Crippen molar-refractivity contribution in [2.24, 2.45) is 0 Å². The fourth-order valence-electron chi connectivity index (χ4n) is 1.42. The summed E-state index contributed by atoms with van der Waals surface area (Å²) in [6.45, 7) is 2.49. The third kappa shape index (κ3) is 4.16. The molecular formula is C12H18OS. The van der Waals surface area contributed by atoms with Crippen LogP contribution in [0.5, 0.6) is 0 Å². The third-order valence-corrected chi connectivity index (χ3v) is 3.46. The molecule has 0 aliphatic carbocycles. The van der Waals surface area contributed by atoms with Crippen LogP contribution in [0, 0.1) is 0 Å². The van der Waals surface area contributed by atoms with E-state index in [9.17, 15) is 0 Å². The van der Waals surface area contributed by atoms with Gasteiger partial charge in [-0.25, -0.2) is 0 Å². The van der Waals surface area contributed by atoms with Gasteiger partial charge in [-0.3, -0.25) is 0 Å². The molecule has 0 aliphatic rings. The Hall–Kier alpha value is -0.470. The molecule has 0 saturated carbocycles. The smallest absolute Gasteiger partial charge is 0.0441 e. The maximum atomic E-state index is 8.93. The van der Waals surface area contributed by atoms with Crippen LogP contribution in [-0.2, 0) is 0 Å². The second kappa shape index (κ2) is 6.91. The van der Waals surface area contributed by atoms with Crippen LogP contribution in [0.25, 0.3) is 0 Å². The molecule has 1 nitrogen and oxygen atoms in total. The Bertz CT molecular complexity index is 229. The number of aliphatic hydroxyl groups excluding tert-OH is 1. The first-order valence-electron chi connectivity index (χ1n) is 5.19. The van der Waals surface area contributed by atoms with E-state index in [2.05, 4.69) is 31.2 Å². The number of thioether (sulfide) groups is 1. The molecule has 0 spiro atoms.